The molecule has 1 aromatic carbocycles. The van der Waals surface area contributed by atoms with Crippen LogP contribution >= 0.6 is 11.6 Å². The van der Waals surface area contributed by atoms with Crippen molar-refractivity contribution >= 4 is 23.1 Å². The molecule has 1 rings (SSSR count). The van der Waals surface area contributed by atoms with Gasteiger partial charge in [0.05, 0.1) is 4.92 Å². The predicted molar refractivity (Wildman–Crippen MR) is 66.3 cm³/mol. The Balaban J connectivity index is 3.07. The first-order chi connectivity index (χ1) is 7.71. The second kappa shape index (κ2) is 4.84. The fourth-order valence-electron chi connectivity index (χ4n) is 1.29. The molecule has 92 valence electrons. The maximum Gasteiger partial charge on any atom is 0.274 e. The summed E-state index contributed by atoms with van der Waals surface area (Å²) < 4.78 is 0. The highest BCUT2D eigenvalue weighted by Gasteiger charge is 2.24. The van der Waals surface area contributed by atoms with Gasteiger partial charge in [-0.25, -0.2) is 0 Å². The van der Waals surface area contributed by atoms with Gasteiger partial charge in [0.15, 0.2) is 0 Å². The third-order valence-electron chi connectivity index (χ3n) is 2.43. The summed E-state index contributed by atoms with van der Waals surface area (Å²) >= 11 is 5.70. The van der Waals surface area contributed by atoms with Gasteiger partial charge < -0.3 is 0 Å². The summed E-state index contributed by atoms with van der Waals surface area (Å²) in [6.07, 6.45) is 0.0526. The van der Waals surface area contributed by atoms with Crippen LogP contribution in [0.25, 0.3) is 0 Å². The van der Waals surface area contributed by atoms with Gasteiger partial charge in [0, 0.05) is 28.5 Å². The van der Waals surface area contributed by atoms with Crippen molar-refractivity contribution in [2.75, 3.05) is 0 Å². The number of nitro groups is 1. The zero-order valence-electron chi connectivity index (χ0n) is 9.99. The van der Waals surface area contributed by atoms with Crippen molar-refractivity contribution in [1.29, 1.82) is 0 Å². The van der Waals surface area contributed by atoms with E-state index in [1.165, 1.54) is 12.1 Å². The summed E-state index contributed by atoms with van der Waals surface area (Å²) in [6.45, 7) is 5.37. The fourth-order valence-corrected chi connectivity index (χ4v) is 1.46. The molecular weight excluding hydrogens is 242 g/mol. The Bertz CT molecular complexity index is 463. The zero-order valence-corrected chi connectivity index (χ0v) is 10.7. The molecule has 0 bridgehead atoms. The Hall–Kier alpha value is -1.42. The molecule has 0 aliphatic rings. The molecule has 0 amide bonds. The highest BCUT2D eigenvalue weighted by molar-refractivity contribution is 6.30. The second-order valence-electron chi connectivity index (χ2n) is 4.88. The van der Waals surface area contributed by atoms with Crippen molar-refractivity contribution in [3.05, 3.63) is 38.9 Å². The van der Waals surface area contributed by atoms with E-state index in [0.29, 0.717) is 10.6 Å². The van der Waals surface area contributed by atoms with E-state index in [9.17, 15) is 14.9 Å². The molecule has 0 N–H and O–H groups in total. The molecule has 0 heterocycles. The second-order valence-corrected chi connectivity index (χ2v) is 5.32. The van der Waals surface area contributed by atoms with Gasteiger partial charge in [-0.15, -0.1) is 0 Å². The van der Waals surface area contributed by atoms with Crippen molar-refractivity contribution in [3.8, 4) is 0 Å². The molecule has 1 aromatic rings. The fraction of sp³-hybridized carbons (Fsp3) is 0.417. The Labute approximate surface area is 105 Å². The summed E-state index contributed by atoms with van der Waals surface area (Å²) in [7, 11) is 0. The van der Waals surface area contributed by atoms with E-state index in [4.69, 9.17) is 11.6 Å². The molecule has 0 unspecified atom stereocenters. The molecular formula is C12H14ClNO3. The lowest BCUT2D eigenvalue weighted by Crippen LogP contribution is -2.22. The van der Waals surface area contributed by atoms with Crippen molar-refractivity contribution < 1.29 is 9.72 Å². The monoisotopic (exact) mass is 255 g/mol. The van der Waals surface area contributed by atoms with Crippen LogP contribution in [-0.4, -0.2) is 10.7 Å². The number of Topliss-reactive ketones (excluding diaryl/α,β-unsaturated/α-hetero) is 1. The smallest absolute Gasteiger partial charge is 0.274 e. The quantitative estimate of drug-likeness (QED) is 0.614. The number of hydrogen-bond donors (Lipinski definition) is 0. The first-order valence-electron chi connectivity index (χ1n) is 5.18. The first kappa shape index (κ1) is 13.6. The number of nitro benzene ring substituents is 1. The van der Waals surface area contributed by atoms with E-state index >= 15 is 0 Å². The van der Waals surface area contributed by atoms with E-state index in [-0.39, 0.29) is 17.9 Å². The lowest BCUT2D eigenvalue weighted by molar-refractivity contribution is -0.385. The number of nitrogens with zero attached hydrogens (tertiary/aromatic N) is 1. The molecule has 17 heavy (non-hydrogen) atoms. The maximum absolute atomic E-state index is 11.8. The molecule has 4 nitrogen and oxygen atoms in total. The van der Waals surface area contributed by atoms with Crippen molar-refractivity contribution in [2.45, 2.75) is 27.2 Å². The van der Waals surface area contributed by atoms with Gasteiger partial charge in [-0.2, -0.15) is 0 Å². The van der Waals surface area contributed by atoms with Crippen molar-refractivity contribution in [1.82, 2.24) is 0 Å². The highest BCUT2D eigenvalue weighted by atomic mass is 35.5. The third-order valence-corrected chi connectivity index (χ3v) is 2.67. The van der Waals surface area contributed by atoms with Crippen LogP contribution in [-0.2, 0) is 11.2 Å². The van der Waals surface area contributed by atoms with Crippen molar-refractivity contribution in [2.24, 2.45) is 5.41 Å². The average Bonchev–Trinajstić information content (AvgIpc) is 2.18. The molecule has 0 aliphatic carbocycles. The van der Waals surface area contributed by atoms with Gasteiger partial charge in [-0.3, -0.25) is 14.9 Å². The van der Waals surface area contributed by atoms with Gasteiger partial charge in [-0.1, -0.05) is 38.4 Å². The van der Waals surface area contributed by atoms with E-state index in [2.05, 4.69) is 0 Å². The number of rotatable bonds is 3. The van der Waals surface area contributed by atoms with E-state index < -0.39 is 10.3 Å². The van der Waals surface area contributed by atoms with Gasteiger partial charge in [0.2, 0.25) is 0 Å². The predicted octanol–water partition coefficient (Wildman–Crippen LogP) is 3.41. The Morgan fingerprint density at radius 3 is 2.47 bits per heavy atom. The lowest BCUT2D eigenvalue weighted by atomic mass is 9.87. The molecule has 0 saturated heterocycles. The summed E-state index contributed by atoms with van der Waals surface area (Å²) in [6, 6.07) is 4.36. The topological polar surface area (TPSA) is 60.2 Å². The molecule has 0 aliphatic heterocycles. The summed E-state index contributed by atoms with van der Waals surface area (Å²) in [5.74, 6) is -0.0390. The van der Waals surface area contributed by atoms with Crippen LogP contribution in [0.1, 0.15) is 26.3 Å². The number of ketones is 1. The number of halogens is 1. The van der Waals surface area contributed by atoms with Crippen LogP contribution in [0.5, 0.6) is 0 Å². The molecule has 0 fully saturated rings. The van der Waals surface area contributed by atoms with Gasteiger partial charge in [0.25, 0.3) is 5.69 Å². The number of hydrogen-bond acceptors (Lipinski definition) is 3. The molecule has 5 heteroatoms. The largest absolute Gasteiger partial charge is 0.299 e. The normalized spacial score (nSPS) is 11.3. The average molecular weight is 256 g/mol. The molecule has 0 saturated carbocycles. The van der Waals surface area contributed by atoms with Crippen molar-refractivity contribution in [3.63, 3.8) is 0 Å². The van der Waals surface area contributed by atoms with Crippen LogP contribution in [0.15, 0.2) is 18.2 Å². The first-order valence-corrected chi connectivity index (χ1v) is 5.55. The summed E-state index contributed by atoms with van der Waals surface area (Å²) in [4.78, 5) is 22.2. The van der Waals surface area contributed by atoms with E-state index in [1.54, 1.807) is 26.8 Å². The zero-order chi connectivity index (χ0) is 13.2. The molecule has 0 spiro atoms. The van der Waals surface area contributed by atoms with Crippen LogP contribution in [0.4, 0.5) is 5.69 Å². The highest BCUT2D eigenvalue weighted by Crippen LogP contribution is 2.26. The maximum atomic E-state index is 11.8. The number of carbonyl (C=O) groups is 1. The lowest BCUT2D eigenvalue weighted by Gasteiger charge is -2.16. The molecule has 0 atom stereocenters. The van der Waals surface area contributed by atoms with Gasteiger partial charge in [-0.05, 0) is 6.07 Å². The van der Waals surface area contributed by atoms with Crippen LogP contribution in [0.3, 0.4) is 0 Å². The minimum absolute atomic E-state index is 0.0390. The number of carbonyl (C=O) groups excluding carboxylic acids is 1. The third kappa shape index (κ3) is 3.53. The SMILES string of the molecule is CC(C)(C)C(=O)Cc1ccc(Cl)cc1[N+](=O)[O-]. The van der Waals surface area contributed by atoms with E-state index in [0.717, 1.165) is 0 Å². The van der Waals surface area contributed by atoms with Gasteiger partial charge >= 0.3 is 0 Å². The number of benzene rings is 1. The minimum Gasteiger partial charge on any atom is -0.299 e. The Morgan fingerprint density at radius 1 is 1.41 bits per heavy atom. The Kier molecular flexibility index (Phi) is 3.88. The summed E-state index contributed by atoms with van der Waals surface area (Å²) in [5.41, 5.74) is -0.206. The van der Waals surface area contributed by atoms with Crippen LogP contribution in [0.2, 0.25) is 5.02 Å². The van der Waals surface area contributed by atoms with Gasteiger partial charge in [0.1, 0.15) is 5.78 Å². The van der Waals surface area contributed by atoms with E-state index in [1.807, 2.05) is 0 Å². The minimum atomic E-state index is -0.517. The molecule has 0 radical (unpaired) electrons. The van der Waals surface area contributed by atoms with Crippen LogP contribution in [0, 0.1) is 15.5 Å². The van der Waals surface area contributed by atoms with Crippen LogP contribution < -0.4 is 0 Å². The Morgan fingerprint density at radius 2 is 2.00 bits per heavy atom. The standard InChI is InChI=1S/C12H14ClNO3/c1-12(2,3)11(15)6-8-4-5-9(13)7-10(8)14(16)17/h4-5,7H,6H2,1-3H3. The summed E-state index contributed by atoms with van der Waals surface area (Å²) in [5, 5.41) is 11.1. The molecule has 0 aromatic heterocycles.